The molecule has 6 atom stereocenters. The highest BCUT2D eigenvalue weighted by molar-refractivity contribution is 9.10. The van der Waals surface area contributed by atoms with Gasteiger partial charge in [0.1, 0.15) is 0 Å². The maximum Gasteiger partial charge on any atom is 0.165 e. The van der Waals surface area contributed by atoms with Crippen molar-refractivity contribution in [1.82, 2.24) is 0 Å². The molecule has 0 aromatic heterocycles. The summed E-state index contributed by atoms with van der Waals surface area (Å²) in [7, 11) is 0. The van der Waals surface area contributed by atoms with Crippen molar-refractivity contribution in [3.05, 3.63) is 39.9 Å². The molecule has 0 saturated heterocycles. The molecule has 0 aliphatic heterocycles. The number of ketones is 1. The molecule has 4 fully saturated rings. The number of benzene rings is 1. The fourth-order valence-corrected chi connectivity index (χ4v) is 8.12. The van der Waals surface area contributed by atoms with Gasteiger partial charge in [-0.25, -0.2) is 0 Å². The lowest BCUT2D eigenvalue weighted by Crippen LogP contribution is -2.52. The van der Waals surface area contributed by atoms with Gasteiger partial charge >= 0.3 is 0 Å². The Morgan fingerprint density at radius 2 is 1.75 bits per heavy atom. The fraction of sp³-hybridized carbons (Fsp3) is 0.654. The van der Waals surface area contributed by atoms with E-state index < -0.39 is 0 Å². The number of halogens is 1. The van der Waals surface area contributed by atoms with Gasteiger partial charge < -0.3 is 0 Å². The molecule has 0 radical (unpaired) electrons. The summed E-state index contributed by atoms with van der Waals surface area (Å²) in [5.41, 5.74) is 2.68. The highest BCUT2D eigenvalue weighted by Gasteiger charge is 2.60. The van der Waals surface area contributed by atoms with Gasteiger partial charge in [-0.3, -0.25) is 4.79 Å². The second-order valence-corrected chi connectivity index (χ2v) is 11.5. The first-order valence-electron chi connectivity index (χ1n) is 11.4. The lowest BCUT2D eigenvalue weighted by atomic mass is 9.45. The van der Waals surface area contributed by atoms with Crippen molar-refractivity contribution in [2.45, 2.75) is 71.6 Å². The van der Waals surface area contributed by atoms with Gasteiger partial charge in [0.05, 0.1) is 0 Å². The topological polar surface area (TPSA) is 17.1 Å². The van der Waals surface area contributed by atoms with Crippen LogP contribution in [0.2, 0.25) is 0 Å². The number of rotatable bonds is 1. The van der Waals surface area contributed by atoms with Gasteiger partial charge in [-0.15, -0.1) is 0 Å². The van der Waals surface area contributed by atoms with E-state index in [4.69, 9.17) is 0 Å². The van der Waals surface area contributed by atoms with Crippen molar-refractivity contribution in [2.75, 3.05) is 0 Å². The molecule has 2 heteroatoms. The van der Waals surface area contributed by atoms with Crippen molar-refractivity contribution >= 4 is 27.8 Å². The third-order valence-electron chi connectivity index (χ3n) is 9.43. The second-order valence-electron chi connectivity index (χ2n) is 10.6. The highest BCUT2D eigenvalue weighted by Crippen LogP contribution is 2.66. The SMILES string of the molecule is C[C@]12CCCC[C@H]1CC[C@H]1[C@H]2CC[C@]2(C)C(=O)/C(=C/c3ccc(Br)cc3)C[C@@H]12. The Kier molecular flexibility index (Phi) is 4.66. The number of Topliss-reactive ketones (excluding diaryl/α,β-unsaturated/α-hetero) is 1. The number of fused-ring (bicyclic) bond motifs is 5. The van der Waals surface area contributed by atoms with Crippen LogP contribution in [0, 0.1) is 34.5 Å². The van der Waals surface area contributed by atoms with Gasteiger partial charge in [0.25, 0.3) is 0 Å². The minimum Gasteiger partial charge on any atom is -0.294 e. The first-order chi connectivity index (χ1) is 13.4. The van der Waals surface area contributed by atoms with Crippen LogP contribution in [-0.4, -0.2) is 5.78 Å². The molecule has 0 bridgehead atoms. The van der Waals surface area contributed by atoms with E-state index in [2.05, 4.69) is 60.1 Å². The molecule has 4 aliphatic carbocycles. The largest absolute Gasteiger partial charge is 0.294 e. The average Bonchev–Trinajstić information content (AvgIpc) is 2.94. The fourth-order valence-electron chi connectivity index (χ4n) is 7.85. The molecule has 150 valence electrons. The van der Waals surface area contributed by atoms with Gasteiger partial charge in [-0.2, -0.15) is 0 Å². The maximum absolute atomic E-state index is 13.5. The van der Waals surface area contributed by atoms with Gasteiger partial charge in [-0.05, 0) is 103 Å². The third kappa shape index (κ3) is 2.81. The van der Waals surface area contributed by atoms with Crippen LogP contribution in [-0.2, 0) is 4.79 Å². The molecular weight excluding hydrogens is 408 g/mol. The first kappa shape index (κ1) is 19.1. The van der Waals surface area contributed by atoms with Gasteiger partial charge in [0.15, 0.2) is 5.78 Å². The van der Waals surface area contributed by atoms with Gasteiger partial charge in [-0.1, -0.05) is 54.8 Å². The minimum absolute atomic E-state index is 0.111. The summed E-state index contributed by atoms with van der Waals surface area (Å²) in [6.07, 6.45) is 14.1. The Bertz CT molecular complexity index is 808. The van der Waals surface area contributed by atoms with E-state index in [9.17, 15) is 4.79 Å². The zero-order chi connectivity index (χ0) is 19.5. The first-order valence-corrected chi connectivity index (χ1v) is 12.2. The lowest BCUT2D eigenvalue weighted by Gasteiger charge is -2.59. The molecule has 1 aromatic carbocycles. The van der Waals surface area contributed by atoms with Gasteiger partial charge in [0.2, 0.25) is 0 Å². The molecule has 28 heavy (non-hydrogen) atoms. The summed E-state index contributed by atoms with van der Waals surface area (Å²) in [6, 6.07) is 8.38. The molecule has 0 spiro atoms. The van der Waals surface area contributed by atoms with E-state index in [1.165, 1.54) is 44.9 Å². The van der Waals surface area contributed by atoms with Crippen molar-refractivity contribution < 1.29 is 4.79 Å². The van der Waals surface area contributed by atoms with Crippen LogP contribution >= 0.6 is 15.9 Å². The summed E-state index contributed by atoms with van der Waals surface area (Å²) in [5.74, 6) is 3.58. The summed E-state index contributed by atoms with van der Waals surface area (Å²) in [5, 5.41) is 0. The smallest absolute Gasteiger partial charge is 0.165 e. The monoisotopic (exact) mass is 440 g/mol. The summed E-state index contributed by atoms with van der Waals surface area (Å²) >= 11 is 3.51. The third-order valence-corrected chi connectivity index (χ3v) is 9.96. The molecule has 0 N–H and O–H groups in total. The van der Waals surface area contributed by atoms with Crippen LogP contribution in [0.3, 0.4) is 0 Å². The van der Waals surface area contributed by atoms with Crippen LogP contribution in [0.5, 0.6) is 0 Å². The zero-order valence-corrected chi connectivity index (χ0v) is 18.9. The van der Waals surface area contributed by atoms with Crippen LogP contribution in [0.25, 0.3) is 6.08 Å². The lowest BCUT2D eigenvalue weighted by molar-refractivity contribution is -0.137. The molecule has 1 nitrogen and oxygen atoms in total. The second kappa shape index (κ2) is 6.83. The van der Waals surface area contributed by atoms with Gasteiger partial charge in [0, 0.05) is 9.89 Å². The standard InChI is InChI=1S/C26H33BrO/c1-25-13-4-3-5-19(25)8-11-21-22(25)12-14-26(2)23(21)16-18(24(26)28)15-17-6-9-20(27)10-7-17/h6-7,9-10,15,19,21-23H,3-5,8,11-14,16H2,1-2H3/b18-15+/t19-,21-,22+,23-,25-,26-/m0/s1. The van der Waals surface area contributed by atoms with Crippen molar-refractivity contribution in [1.29, 1.82) is 0 Å². The molecular formula is C26H33BrO. The molecule has 5 rings (SSSR count). The average molecular weight is 441 g/mol. The normalized spacial score (nSPS) is 44.1. The summed E-state index contributed by atoms with van der Waals surface area (Å²) in [4.78, 5) is 13.5. The molecule has 4 aliphatic rings. The predicted octanol–water partition coefficient (Wildman–Crippen LogP) is 7.44. The molecule has 0 heterocycles. The number of carbonyl (C=O) groups is 1. The Balaban J connectivity index is 1.45. The van der Waals surface area contributed by atoms with E-state index in [1.54, 1.807) is 0 Å². The van der Waals surface area contributed by atoms with Crippen LogP contribution < -0.4 is 0 Å². The number of allylic oxidation sites excluding steroid dienone is 1. The highest BCUT2D eigenvalue weighted by atomic mass is 79.9. The molecule has 4 saturated carbocycles. The Labute approximate surface area is 178 Å². The van der Waals surface area contributed by atoms with Crippen molar-refractivity contribution in [2.24, 2.45) is 34.5 Å². The maximum atomic E-state index is 13.5. The van der Waals surface area contributed by atoms with Crippen LogP contribution in [0.15, 0.2) is 34.3 Å². The van der Waals surface area contributed by atoms with E-state index in [0.717, 1.165) is 46.2 Å². The predicted molar refractivity (Wildman–Crippen MR) is 119 cm³/mol. The molecule has 0 amide bonds. The van der Waals surface area contributed by atoms with E-state index in [-0.39, 0.29) is 5.41 Å². The van der Waals surface area contributed by atoms with E-state index in [0.29, 0.717) is 17.1 Å². The van der Waals surface area contributed by atoms with Crippen LogP contribution in [0.4, 0.5) is 0 Å². The van der Waals surface area contributed by atoms with Crippen molar-refractivity contribution in [3.8, 4) is 0 Å². The summed E-state index contributed by atoms with van der Waals surface area (Å²) < 4.78 is 1.09. The van der Waals surface area contributed by atoms with E-state index >= 15 is 0 Å². The van der Waals surface area contributed by atoms with E-state index in [1.807, 2.05) is 0 Å². The minimum atomic E-state index is -0.111. The Morgan fingerprint density at radius 1 is 0.964 bits per heavy atom. The number of hydrogen-bond donors (Lipinski definition) is 0. The van der Waals surface area contributed by atoms with Crippen molar-refractivity contribution in [3.63, 3.8) is 0 Å². The number of hydrogen-bond acceptors (Lipinski definition) is 1. The van der Waals surface area contributed by atoms with Crippen LogP contribution in [0.1, 0.15) is 77.2 Å². The molecule has 1 aromatic rings. The molecule has 0 unspecified atom stereocenters. The Hall–Kier alpha value is -0.890. The number of carbonyl (C=O) groups excluding carboxylic acids is 1. The summed E-state index contributed by atoms with van der Waals surface area (Å²) in [6.45, 7) is 4.92. The quantitative estimate of drug-likeness (QED) is 0.414. The zero-order valence-electron chi connectivity index (χ0n) is 17.3. The Morgan fingerprint density at radius 3 is 2.54 bits per heavy atom.